The lowest BCUT2D eigenvalue weighted by atomic mass is 10.2. The maximum Gasteiger partial charge on any atom is 0.338 e. The second-order valence-electron chi connectivity index (χ2n) is 6.57. The molecule has 0 atom stereocenters. The minimum Gasteiger partial charge on any atom is -0.497 e. The zero-order chi connectivity index (χ0) is 22.9. The molecule has 8 nitrogen and oxygen atoms in total. The fourth-order valence-electron chi connectivity index (χ4n) is 2.91. The van der Waals surface area contributed by atoms with Crippen LogP contribution in [0.25, 0.3) is 11.4 Å². The summed E-state index contributed by atoms with van der Waals surface area (Å²) in [7, 11) is 1.61. The molecule has 0 unspecified atom stereocenters. The van der Waals surface area contributed by atoms with E-state index >= 15 is 0 Å². The summed E-state index contributed by atoms with van der Waals surface area (Å²) >= 11 is 1.27. The Morgan fingerprint density at radius 2 is 1.97 bits per heavy atom. The number of carbonyl (C=O) groups is 2. The lowest BCUT2D eigenvalue weighted by Crippen LogP contribution is -2.15. The number of allylic oxidation sites excluding steroid dienone is 1. The topological polar surface area (TPSA) is 95.3 Å². The molecule has 0 aliphatic rings. The number of anilines is 1. The highest BCUT2D eigenvalue weighted by atomic mass is 32.2. The SMILES string of the molecule is C=CCn1c(SCC(=O)Nc2cccc(C(=O)OCC)c2)nnc1-c1ccc(OC)cc1. The van der Waals surface area contributed by atoms with Gasteiger partial charge in [0.2, 0.25) is 5.91 Å². The molecule has 1 N–H and O–H groups in total. The van der Waals surface area contributed by atoms with E-state index in [0.717, 1.165) is 11.3 Å². The van der Waals surface area contributed by atoms with Gasteiger partial charge in [-0.25, -0.2) is 4.79 Å². The number of carbonyl (C=O) groups excluding carboxylic acids is 2. The molecule has 0 fully saturated rings. The van der Waals surface area contributed by atoms with Crippen LogP contribution in [0.5, 0.6) is 5.75 Å². The number of aromatic nitrogens is 3. The first-order valence-electron chi connectivity index (χ1n) is 9.94. The first-order chi connectivity index (χ1) is 15.5. The second-order valence-corrected chi connectivity index (χ2v) is 7.51. The first-order valence-corrected chi connectivity index (χ1v) is 10.9. The number of nitrogens with one attached hydrogen (secondary N) is 1. The number of hydrogen-bond acceptors (Lipinski definition) is 7. The van der Waals surface area contributed by atoms with Crippen molar-refractivity contribution >= 4 is 29.3 Å². The Kier molecular flexibility index (Phi) is 8.04. The van der Waals surface area contributed by atoms with Crippen LogP contribution >= 0.6 is 11.8 Å². The minimum atomic E-state index is -0.429. The van der Waals surface area contributed by atoms with E-state index in [-0.39, 0.29) is 18.3 Å². The number of rotatable bonds is 10. The summed E-state index contributed by atoms with van der Waals surface area (Å²) in [5, 5.41) is 11.9. The Hall–Kier alpha value is -3.59. The number of benzene rings is 2. The van der Waals surface area contributed by atoms with Crippen molar-refractivity contribution in [3.8, 4) is 17.1 Å². The largest absolute Gasteiger partial charge is 0.497 e. The summed E-state index contributed by atoms with van der Waals surface area (Å²) in [5.41, 5.74) is 1.78. The second kappa shape index (κ2) is 11.1. The molecule has 166 valence electrons. The molecule has 2 aromatic carbocycles. The highest BCUT2D eigenvalue weighted by Crippen LogP contribution is 2.26. The number of methoxy groups -OCH3 is 1. The van der Waals surface area contributed by atoms with Gasteiger partial charge in [0, 0.05) is 17.8 Å². The minimum absolute atomic E-state index is 0.127. The predicted octanol–water partition coefficient (Wildman–Crippen LogP) is 4.05. The summed E-state index contributed by atoms with van der Waals surface area (Å²) in [6.07, 6.45) is 1.75. The van der Waals surface area contributed by atoms with E-state index in [2.05, 4.69) is 22.1 Å². The lowest BCUT2D eigenvalue weighted by molar-refractivity contribution is -0.113. The first kappa shape index (κ1) is 23.1. The van der Waals surface area contributed by atoms with Crippen molar-refractivity contribution in [1.29, 1.82) is 0 Å². The van der Waals surface area contributed by atoms with E-state index < -0.39 is 5.97 Å². The lowest BCUT2D eigenvalue weighted by Gasteiger charge is -2.09. The van der Waals surface area contributed by atoms with Crippen LogP contribution in [0.2, 0.25) is 0 Å². The predicted molar refractivity (Wildman–Crippen MR) is 124 cm³/mol. The number of ether oxygens (including phenoxy) is 2. The van der Waals surface area contributed by atoms with Crippen LogP contribution in [-0.4, -0.2) is 46.1 Å². The summed E-state index contributed by atoms with van der Waals surface area (Å²) in [4.78, 5) is 24.3. The Morgan fingerprint density at radius 1 is 1.19 bits per heavy atom. The molecule has 0 aliphatic carbocycles. The van der Waals surface area contributed by atoms with E-state index in [4.69, 9.17) is 9.47 Å². The van der Waals surface area contributed by atoms with Crippen LogP contribution in [0.15, 0.2) is 66.3 Å². The quantitative estimate of drug-likeness (QED) is 0.282. The summed E-state index contributed by atoms with van der Waals surface area (Å²) < 4.78 is 12.1. The molecule has 1 heterocycles. The molecule has 0 spiro atoms. The van der Waals surface area contributed by atoms with Crippen molar-refractivity contribution in [2.45, 2.75) is 18.6 Å². The third kappa shape index (κ3) is 5.76. The van der Waals surface area contributed by atoms with E-state index in [1.54, 1.807) is 44.4 Å². The number of thioether (sulfide) groups is 1. The van der Waals surface area contributed by atoms with E-state index in [1.165, 1.54) is 11.8 Å². The number of esters is 1. The van der Waals surface area contributed by atoms with Gasteiger partial charge in [0.1, 0.15) is 5.75 Å². The Labute approximate surface area is 190 Å². The van der Waals surface area contributed by atoms with Crippen LogP contribution in [0.4, 0.5) is 5.69 Å². The van der Waals surface area contributed by atoms with E-state index in [0.29, 0.717) is 28.8 Å². The van der Waals surface area contributed by atoms with Crippen molar-refractivity contribution in [2.24, 2.45) is 0 Å². The van der Waals surface area contributed by atoms with Crippen molar-refractivity contribution in [3.63, 3.8) is 0 Å². The zero-order valence-corrected chi connectivity index (χ0v) is 18.7. The van der Waals surface area contributed by atoms with E-state index in [1.807, 2.05) is 28.8 Å². The molecular formula is C23H24N4O4S. The van der Waals surface area contributed by atoms with Gasteiger partial charge in [-0.05, 0) is 49.4 Å². The summed E-state index contributed by atoms with van der Waals surface area (Å²) in [5.74, 6) is 0.901. The molecular weight excluding hydrogens is 428 g/mol. The number of hydrogen-bond donors (Lipinski definition) is 1. The molecule has 0 aliphatic heterocycles. The third-order valence-electron chi connectivity index (χ3n) is 4.37. The summed E-state index contributed by atoms with van der Waals surface area (Å²) in [6.45, 7) is 6.33. The highest BCUT2D eigenvalue weighted by Gasteiger charge is 2.15. The molecule has 1 amide bonds. The molecule has 0 saturated heterocycles. The summed E-state index contributed by atoms with van der Waals surface area (Å²) in [6, 6.07) is 14.1. The molecule has 0 bridgehead atoms. The van der Waals surface area contributed by atoms with Crippen LogP contribution in [0.3, 0.4) is 0 Å². The van der Waals surface area contributed by atoms with Crippen molar-refractivity contribution in [2.75, 3.05) is 24.8 Å². The van der Waals surface area contributed by atoms with Gasteiger partial charge < -0.3 is 14.8 Å². The average molecular weight is 453 g/mol. The molecule has 3 rings (SSSR count). The monoisotopic (exact) mass is 452 g/mol. The highest BCUT2D eigenvalue weighted by molar-refractivity contribution is 7.99. The van der Waals surface area contributed by atoms with Gasteiger partial charge in [-0.3, -0.25) is 9.36 Å². The maximum atomic E-state index is 12.5. The Balaban J connectivity index is 1.68. The normalized spacial score (nSPS) is 10.4. The standard InChI is InChI=1S/C23H24N4O4S/c1-4-13-27-21(16-9-11-19(30-3)12-10-16)25-26-23(27)32-15-20(28)24-18-8-6-7-17(14-18)22(29)31-5-2/h4,6-12,14H,1,5,13,15H2,2-3H3,(H,24,28). The van der Waals surface area contributed by atoms with Gasteiger partial charge in [0.15, 0.2) is 11.0 Å². The van der Waals surface area contributed by atoms with Crippen molar-refractivity contribution < 1.29 is 19.1 Å². The zero-order valence-electron chi connectivity index (χ0n) is 17.9. The van der Waals surface area contributed by atoms with Gasteiger partial charge in [-0.15, -0.1) is 16.8 Å². The van der Waals surface area contributed by atoms with Crippen LogP contribution < -0.4 is 10.1 Å². The Bertz CT molecular complexity index is 1100. The molecule has 0 saturated carbocycles. The van der Waals surface area contributed by atoms with Gasteiger partial charge in [0.25, 0.3) is 0 Å². The Morgan fingerprint density at radius 3 is 2.66 bits per heavy atom. The average Bonchev–Trinajstić information content (AvgIpc) is 3.21. The fraction of sp³-hybridized carbons (Fsp3) is 0.217. The van der Waals surface area contributed by atoms with Crippen LogP contribution in [0.1, 0.15) is 17.3 Å². The molecule has 9 heteroatoms. The van der Waals surface area contributed by atoms with Gasteiger partial charge in [-0.1, -0.05) is 23.9 Å². The van der Waals surface area contributed by atoms with E-state index in [9.17, 15) is 9.59 Å². The number of amides is 1. The third-order valence-corrected chi connectivity index (χ3v) is 5.33. The molecule has 32 heavy (non-hydrogen) atoms. The smallest absolute Gasteiger partial charge is 0.338 e. The molecule has 3 aromatic rings. The van der Waals surface area contributed by atoms with Crippen LogP contribution in [-0.2, 0) is 16.1 Å². The number of nitrogens with zero attached hydrogens (tertiary/aromatic N) is 3. The van der Waals surface area contributed by atoms with Crippen molar-refractivity contribution in [3.05, 3.63) is 66.7 Å². The maximum absolute atomic E-state index is 12.5. The van der Waals surface area contributed by atoms with Crippen molar-refractivity contribution in [1.82, 2.24) is 14.8 Å². The van der Waals surface area contributed by atoms with Gasteiger partial charge in [0.05, 0.1) is 25.0 Å². The van der Waals surface area contributed by atoms with Gasteiger partial charge in [-0.2, -0.15) is 0 Å². The molecule has 0 radical (unpaired) electrons. The van der Waals surface area contributed by atoms with Gasteiger partial charge >= 0.3 is 5.97 Å². The van der Waals surface area contributed by atoms with Crippen LogP contribution in [0, 0.1) is 0 Å². The molecule has 1 aromatic heterocycles. The fourth-order valence-corrected chi connectivity index (χ4v) is 3.66.